The molecular weight excluding hydrogens is 691 g/mol. The Morgan fingerprint density at radius 2 is 1.78 bits per heavy atom. The molecule has 2 aromatic rings. The molecule has 2 fully saturated rings. The van der Waals surface area contributed by atoms with Crippen LogP contribution in [-0.2, 0) is 40.7 Å². The van der Waals surface area contributed by atoms with Gasteiger partial charge in [-0.15, -0.1) is 0 Å². The molecule has 0 unspecified atom stereocenters. The number of carbonyl (C=O) groups is 1. The van der Waals surface area contributed by atoms with E-state index in [4.69, 9.17) is 23.7 Å². The number of fused-ring (bicyclic) bond motifs is 2. The molecule has 3 aliphatic rings. The maximum absolute atomic E-state index is 14.5. The summed E-state index contributed by atoms with van der Waals surface area (Å²) in [5.74, 6) is 0.345. The van der Waals surface area contributed by atoms with Gasteiger partial charge in [0.05, 0.1) is 37.5 Å². The van der Waals surface area contributed by atoms with E-state index in [-0.39, 0.29) is 62.4 Å². The molecule has 16 heteroatoms. The largest absolute Gasteiger partial charge is 0.486 e. The number of nitrogens with one attached hydrogen (secondary N) is 2. The van der Waals surface area contributed by atoms with E-state index in [1.807, 2.05) is 44.2 Å². The van der Waals surface area contributed by atoms with Gasteiger partial charge in [0.2, 0.25) is 20.0 Å². The first-order valence-electron chi connectivity index (χ1n) is 17.0. The number of hydrogen-bond acceptors (Lipinski definition) is 11. The van der Waals surface area contributed by atoms with Crippen LogP contribution < -0.4 is 19.5 Å². The first-order valence-corrected chi connectivity index (χ1v) is 20.3. The number of sulfonamides is 2. The highest BCUT2D eigenvalue weighted by atomic mass is 32.2. The highest BCUT2D eigenvalue weighted by Crippen LogP contribution is 2.39. The molecule has 0 aliphatic carbocycles. The molecule has 2 saturated heterocycles. The molecule has 14 nitrogen and oxygen atoms in total. The van der Waals surface area contributed by atoms with Crippen LogP contribution in [0.25, 0.3) is 0 Å². The van der Waals surface area contributed by atoms with Gasteiger partial charge >= 0.3 is 6.09 Å². The van der Waals surface area contributed by atoms with Crippen LogP contribution in [0.15, 0.2) is 53.4 Å². The van der Waals surface area contributed by atoms with E-state index in [0.717, 1.165) is 11.8 Å². The lowest BCUT2D eigenvalue weighted by atomic mass is 9.87. The van der Waals surface area contributed by atoms with Gasteiger partial charge in [0, 0.05) is 19.6 Å². The molecule has 0 radical (unpaired) electrons. The predicted molar refractivity (Wildman–Crippen MR) is 184 cm³/mol. The number of para-hydroxylation sites is 1. The first-order chi connectivity index (χ1) is 23.7. The Bertz CT molecular complexity index is 1660. The van der Waals surface area contributed by atoms with Crippen molar-refractivity contribution in [1.82, 2.24) is 14.3 Å². The van der Waals surface area contributed by atoms with Crippen molar-refractivity contribution in [2.45, 2.75) is 75.4 Å². The number of alkyl carbamates (subject to hydrolysis) is 1. The third-order valence-electron chi connectivity index (χ3n) is 9.10. The molecule has 50 heavy (non-hydrogen) atoms. The number of benzene rings is 2. The minimum absolute atomic E-state index is 0.0153. The van der Waals surface area contributed by atoms with Crippen molar-refractivity contribution >= 4 is 26.1 Å². The van der Waals surface area contributed by atoms with Gasteiger partial charge in [-0.3, -0.25) is 0 Å². The van der Waals surface area contributed by atoms with Crippen molar-refractivity contribution in [2.24, 2.45) is 11.3 Å². The summed E-state index contributed by atoms with van der Waals surface area (Å²) in [7, 11) is -7.61. The van der Waals surface area contributed by atoms with E-state index in [1.54, 1.807) is 12.1 Å². The van der Waals surface area contributed by atoms with Crippen LogP contribution in [0.3, 0.4) is 0 Å². The highest BCUT2D eigenvalue weighted by molar-refractivity contribution is 7.89. The topological polar surface area (TPSA) is 179 Å². The lowest BCUT2D eigenvalue weighted by molar-refractivity contribution is -0.0907. The van der Waals surface area contributed by atoms with Gasteiger partial charge < -0.3 is 34.1 Å². The summed E-state index contributed by atoms with van der Waals surface area (Å²) in [5, 5.41) is 14.6. The number of aliphatic hydroxyl groups excluding tert-OH is 1. The molecule has 5 atom stereocenters. The predicted octanol–water partition coefficient (Wildman–Crippen LogP) is 2.65. The quantitative estimate of drug-likeness (QED) is 0.203. The SMILES string of the molecule is CC(C)(CCCCNS(C)(=O)=O)CN(C[C@@H](O)[C@H](Cc1ccccc1)NC(=O)O[C@H]1CO[C@H]2OCC[C@H]21)S(=O)(=O)c1cccc2c1OCCO2. The van der Waals surface area contributed by atoms with Gasteiger partial charge in [0.15, 0.2) is 17.8 Å². The molecule has 3 heterocycles. The summed E-state index contributed by atoms with van der Waals surface area (Å²) in [6, 6.07) is 13.0. The Morgan fingerprint density at radius 1 is 1.02 bits per heavy atom. The molecule has 2 aromatic carbocycles. The molecule has 0 bridgehead atoms. The fourth-order valence-corrected chi connectivity index (χ4v) is 8.84. The molecule has 0 saturated carbocycles. The lowest BCUT2D eigenvalue weighted by Gasteiger charge is -2.35. The second-order valence-corrected chi connectivity index (χ2v) is 17.6. The Kier molecular flexibility index (Phi) is 12.7. The van der Waals surface area contributed by atoms with E-state index in [9.17, 15) is 26.7 Å². The minimum Gasteiger partial charge on any atom is -0.486 e. The van der Waals surface area contributed by atoms with Gasteiger partial charge in [0.1, 0.15) is 24.2 Å². The summed E-state index contributed by atoms with van der Waals surface area (Å²) in [5.41, 5.74) is 0.235. The average molecular weight is 740 g/mol. The number of ether oxygens (including phenoxy) is 5. The molecule has 5 rings (SSSR count). The van der Waals surface area contributed by atoms with Crippen molar-refractivity contribution in [3.63, 3.8) is 0 Å². The first kappa shape index (κ1) is 38.2. The second-order valence-electron chi connectivity index (χ2n) is 13.8. The minimum atomic E-state index is -4.29. The number of nitrogens with zero attached hydrogens (tertiary/aromatic N) is 1. The molecule has 0 spiro atoms. The highest BCUT2D eigenvalue weighted by Gasteiger charge is 2.44. The zero-order valence-corrected chi connectivity index (χ0v) is 30.4. The van der Waals surface area contributed by atoms with Crippen molar-refractivity contribution in [1.29, 1.82) is 0 Å². The Balaban J connectivity index is 1.37. The van der Waals surface area contributed by atoms with Gasteiger partial charge in [-0.05, 0) is 48.8 Å². The van der Waals surface area contributed by atoms with Crippen molar-refractivity contribution in [2.75, 3.05) is 52.3 Å². The van der Waals surface area contributed by atoms with E-state index in [2.05, 4.69) is 10.0 Å². The fraction of sp³-hybridized carbons (Fsp3) is 0.618. The second kappa shape index (κ2) is 16.6. The van der Waals surface area contributed by atoms with Crippen LogP contribution in [-0.4, -0.2) is 109 Å². The van der Waals surface area contributed by atoms with Crippen molar-refractivity contribution in [3.8, 4) is 11.5 Å². The van der Waals surface area contributed by atoms with E-state index < -0.39 is 56.1 Å². The normalized spacial score (nSPS) is 21.8. The molecule has 3 N–H and O–H groups in total. The fourth-order valence-electron chi connectivity index (χ4n) is 6.54. The maximum Gasteiger partial charge on any atom is 0.407 e. The summed E-state index contributed by atoms with van der Waals surface area (Å²) in [6.45, 7) is 4.97. The van der Waals surface area contributed by atoms with Crippen molar-refractivity contribution in [3.05, 3.63) is 54.1 Å². The number of aliphatic hydroxyl groups is 1. The number of amides is 1. The molecular formula is C34H49N3O11S2. The van der Waals surface area contributed by atoms with Crippen LogP contribution in [0.5, 0.6) is 11.5 Å². The number of rotatable bonds is 17. The number of unbranched alkanes of at least 4 members (excludes halogenated alkanes) is 1. The average Bonchev–Trinajstić information content (AvgIpc) is 3.68. The van der Waals surface area contributed by atoms with E-state index >= 15 is 0 Å². The summed E-state index contributed by atoms with van der Waals surface area (Å²) in [4.78, 5) is 13.2. The van der Waals surface area contributed by atoms with E-state index in [1.165, 1.54) is 10.4 Å². The van der Waals surface area contributed by atoms with Gasteiger partial charge in [-0.1, -0.05) is 56.7 Å². The van der Waals surface area contributed by atoms with Crippen LogP contribution in [0.4, 0.5) is 4.79 Å². The third-order valence-corrected chi connectivity index (χ3v) is 11.7. The summed E-state index contributed by atoms with van der Waals surface area (Å²) >= 11 is 0. The summed E-state index contributed by atoms with van der Waals surface area (Å²) in [6.07, 6.45) is 0.759. The molecule has 3 aliphatic heterocycles. The van der Waals surface area contributed by atoms with Gasteiger partial charge in [-0.2, -0.15) is 4.31 Å². The zero-order chi connectivity index (χ0) is 35.9. The maximum atomic E-state index is 14.5. The number of carbonyl (C=O) groups excluding carboxylic acids is 1. The van der Waals surface area contributed by atoms with Gasteiger partial charge in [0.25, 0.3) is 0 Å². The Morgan fingerprint density at radius 3 is 2.54 bits per heavy atom. The van der Waals surface area contributed by atoms with Crippen LogP contribution in [0.1, 0.15) is 45.1 Å². The summed E-state index contributed by atoms with van der Waals surface area (Å²) < 4.78 is 84.0. The molecule has 1 amide bonds. The standard InChI is InChI=1S/C34H49N3O11S2/c1-34(2,15-7-8-16-35-49(3,40)41)23-37(50(42,43)30-13-9-12-28-31(30)45-19-18-44-28)21-27(38)26(20-24-10-5-4-6-11-24)36-33(39)48-29-22-47-32-25(29)14-17-46-32/h4-6,9-13,25-27,29,32,35,38H,7-8,14-23H2,1-3H3,(H,36,39)/t25-,26-,27+,29-,32+/m0/s1. The molecule has 0 aromatic heterocycles. The van der Waals surface area contributed by atoms with Crippen LogP contribution >= 0.6 is 0 Å². The van der Waals surface area contributed by atoms with E-state index in [0.29, 0.717) is 38.0 Å². The van der Waals surface area contributed by atoms with Crippen LogP contribution in [0.2, 0.25) is 0 Å². The Hall–Kier alpha value is -2.99. The monoisotopic (exact) mass is 739 g/mol. The Labute approximate surface area is 294 Å². The lowest BCUT2D eigenvalue weighted by Crippen LogP contribution is -2.52. The zero-order valence-electron chi connectivity index (χ0n) is 28.8. The number of hydrogen-bond donors (Lipinski definition) is 3. The molecule has 278 valence electrons. The smallest absolute Gasteiger partial charge is 0.407 e. The van der Waals surface area contributed by atoms with Gasteiger partial charge in [-0.25, -0.2) is 26.4 Å². The third kappa shape index (κ3) is 10.3. The van der Waals surface area contributed by atoms with Crippen LogP contribution in [0, 0.1) is 11.3 Å². The van der Waals surface area contributed by atoms with Crippen molar-refractivity contribution < 1.29 is 50.4 Å².